The Morgan fingerprint density at radius 1 is 1.04 bits per heavy atom. The number of rotatable bonds is 15. The number of likely N-dealkylation sites (N-methyl/N-ethyl adjacent to an activating group) is 1. The molecule has 0 rings (SSSR count). The lowest BCUT2D eigenvalue weighted by Crippen LogP contribution is -2.43. The molecule has 0 radical (unpaired) electrons. The molecule has 0 spiro atoms. The molecular weight excluding hydrogens is 336 g/mol. The highest BCUT2D eigenvalue weighted by atomic mass is 32.1. The zero-order valence-corrected chi connectivity index (χ0v) is 15.3. The van der Waals surface area contributed by atoms with Gasteiger partial charge in [0.1, 0.15) is 0 Å². The number of carbonyl (C=O) groups is 3. The van der Waals surface area contributed by atoms with Gasteiger partial charge >= 0.3 is 0 Å². The Morgan fingerprint density at radius 2 is 1.65 bits per heavy atom. The number of hydrogen-bond acceptors (Lipinski definition) is 6. The van der Waals surface area contributed by atoms with Gasteiger partial charge in [0.25, 0.3) is 0 Å². The van der Waals surface area contributed by atoms with Crippen LogP contribution in [-0.2, 0) is 14.4 Å². The maximum atomic E-state index is 12.0. The van der Waals surface area contributed by atoms with Gasteiger partial charge in [-0.2, -0.15) is 0 Å². The van der Waals surface area contributed by atoms with Crippen LogP contribution in [0.2, 0.25) is 0 Å². The lowest BCUT2D eigenvalue weighted by atomic mass is 10.1. The number of hydrogen-bond donors (Lipinski definition) is 6. The van der Waals surface area contributed by atoms with Crippen molar-refractivity contribution < 1.29 is 14.4 Å². The van der Waals surface area contributed by atoms with Crippen LogP contribution >= 0.6 is 25.4 Å². The summed E-state index contributed by atoms with van der Waals surface area (Å²) < 4.78 is 2.61. The molecule has 0 aromatic rings. The highest BCUT2D eigenvalue weighted by molar-refractivity contribution is 7.96. The quantitative estimate of drug-likeness (QED) is 0.140. The van der Waals surface area contributed by atoms with Crippen molar-refractivity contribution in [3.63, 3.8) is 0 Å². The summed E-state index contributed by atoms with van der Waals surface area (Å²) in [7, 11) is 1.76. The van der Waals surface area contributed by atoms with E-state index in [9.17, 15) is 14.4 Å². The minimum atomic E-state index is -0.359. The Bertz CT molecular complexity index is 359. The Morgan fingerprint density at radius 3 is 2.17 bits per heavy atom. The van der Waals surface area contributed by atoms with Gasteiger partial charge in [-0.05, 0) is 45.6 Å². The molecule has 0 aliphatic heterocycles. The van der Waals surface area contributed by atoms with Crippen LogP contribution < -0.4 is 20.7 Å². The SMILES string of the molecule is CNC(CCCCNC=O)C(=O)NCCCCC(NS)C(=O)S. The van der Waals surface area contributed by atoms with Crippen molar-refractivity contribution in [1.82, 2.24) is 20.7 Å². The van der Waals surface area contributed by atoms with Gasteiger partial charge in [-0.3, -0.25) is 19.1 Å². The standard InChI is InChI=1S/C14H28N4O3S2/c1-15-11(6-2-4-8-16-10-19)13(20)17-9-5-3-7-12(18-23)14(21)22/h10-12,15,18,23H,2-9H2,1H3,(H,16,19)(H,17,20)(H,21,22). The molecule has 2 amide bonds. The van der Waals surface area contributed by atoms with Crippen LogP contribution in [0.15, 0.2) is 0 Å². The van der Waals surface area contributed by atoms with Crippen molar-refractivity contribution in [1.29, 1.82) is 0 Å². The van der Waals surface area contributed by atoms with E-state index in [1.165, 1.54) is 0 Å². The third-order valence-electron chi connectivity index (χ3n) is 3.48. The smallest absolute Gasteiger partial charge is 0.237 e. The first-order chi connectivity index (χ1) is 11.1. The second-order valence-electron chi connectivity index (χ2n) is 5.22. The second kappa shape index (κ2) is 14.8. The number of amides is 2. The fourth-order valence-corrected chi connectivity index (χ4v) is 2.63. The number of thiol groups is 2. The van der Waals surface area contributed by atoms with Crippen LogP contribution in [0, 0.1) is 0 Å². The molecule has 4 N–H and O–H groups in total. The Kier molecular flexibility index (Phi) is 14.3. The summed E-state index contributed by atoms with van der Waals surface area (Å²) in [5, 5.41) is 8.25. The van der Waals surface area contributed by atoms with Crippen molar-refractivity contribution in [3.05, 3.63) is 0 Å². The molecule has 0 aliphatic rings. The van der Waals surface area contributed by atoms with Gasteiger partial charge in [0.2, 0.25) is 17.4 Å². The lowest BCUT2D eigenvalue weighted by molar-refractivity contribution is -0.123. The lowest BCUT2D eigenvalue weighted by Gasteiger charge is -2.16. The predicted molar refractivity (Wildman–Crippen MR) is 97.5 cm³/mol. The molecule has 23 heavy (non-hydrogen) atoms. The van der Waals surface area contributed by atoms with Crippen molar-refractivity contribution in [2.75, 3.05) is 20.1 Å². The molecule has 7 nitrogen and oxygen atoms in total. The van der Waals surface area contributed by atoms with E-state index in [1.54, 1.807) is 7.05 Å². The molecule has 0 fully saturated rings. The van der Waals surface area contributed by atoms with Crippen LogP contribution in [0.25, 0.3) is 0 Å². The van der Waals surface area contributed by atoms with E-state index < -0.39 is 0 Å². The third-order valence-corrected chi connectivity index (χ3v) is 4.11. The zero-order chi connectivity index (χ0) is 17.5. The topological polar surface area (TPSA) is 99.3 Å². The number of carbonyl (C=O) groups excluding carboxylic acids is 3. The van der Waals surface area contributed by atoms with E-state index in [0.29, 0.717) is 25.9 Å². The van der Waals surface area contributed by atoms with E-state index in [1.807, 2.05) is 0 Å². The second-order valence-corrected chi connectivity index (χ2v) is 5.91. The fourth-order valence-electron chi connectivity index (χ4n) is 2.09. The van der Waals surface area contributed by atoms with Crippen molar-refractivity contribution in [2.24, 2.45) is 0 Å². The molecular formula is C14H28N4O3S2. The summed E-state index contributed by atoms with van der Waals surface area (Å²) in [6.07, 6.45) is 5.34. The van der Waals surface area contributed by atoms with Crippen LogP contribution in [0.5, 0.6) is 0 Å². The number of unbranched alkanes of at least 4 members (excludes halogenated alkanes) is 2. The first kappa shape index (κ1) is 22.2. The third kappa shape index (κ3) is 11.4. The molecule has 9 heteroatoms. The van der Waals surface area contributed by atoms with E-state index in [4.69, 9.17) is 0 Å². The molecule has 0 bridgehead atoms. The predicted octanol–water partition coefficient (Wildman–Crippen LogP) is 0.0366. The first-order valence-electron chi connectivity index (χ1n) is 7.81. The molecule has 2 unspecified atom stereocenters. The van der Waals surface area contributed by atoms with Gasteiger partial charge in [-0.15, -0.1) is 12.6 Å². The van der Waals surface area contributed by atoms with Gasteiger partial charge in [-0.25, -0.2) is 0 Å². The fraction of sp³-hybridized carbons (Fsp3) is 0.786. The molecule has 0 heterocycles. The van der Waals surface area contributed by atoms with Crippen LogP contribution in [-0.4, -0.2) is 49.7 Å². The molecule has 0 saturated heterocycles. The van der Waals surface area contributed by atoms with Crippen molar-refractivity contribution in [2.45, 2.75) is 50.6 Å². The van der Waals surface area contributed by atoms with Crippen molar-refractivity contribution in [3.8, 4) is 0 Å². The summed E-state index contributed by atoms with van der Waals surface area (Å²) in [6.45, 7) is 1.20. The summed E-state index contributed by atoms with van der Waals surface area (Å²) >= 11 is 7.66. The van der Waals surface area contributed by atoms with Crippen LogP contribution in [0.3, 0.4) is 0 Å². The van der Waals surface area contributed by atoms with E-state index >= 15 is 0 Å². The average molecular weight is 365 g/mol. The Labute approximate surface area is 149 Å². The van der Waals surface area contributed by atoms with Crippen LogP contribution in [0.4, 0.5) is 0 Å². The molecule has 0 aromatic heterocycles. The van der Waals surface area contributed by atoms with E-state index in [2.05, 4.69) is 46.1 Å². The zero-order valence-electron chi connectivity index (χ0n) is 13.5. The van der Waals surface area contributed by atoms with Gasteiger partial charge in [0.15, 0.2) is 0 Å². The minimum Gasteiger partial charge on any atom is -0.359 e. The van der Waals surface area contributed by atoms with Gasteiger partial charge in [-0.1, -0.05) is 12.8 Å². The highest BCUT2D eigenvalue weighted by Crippen LogP contribution is 2.05. The first-order valence-corrected chi connectivity index (χ1v) is 8.70. The maximum Gasteiger partial charge on any atom is 0.237 e. The average Bonchev–Trinajstić information content (AvgIpc) is 2.53. The van der Waals surface area contributed by atoms with Crippen molar-refractivity contribution >= 4 is 42.9 Å². The summed E-state index contributed by atoms with van der Waals surface area (Å²) in [4.78, 5) is 33.2. The number of nitrogens with one attached hydrogen (secondary N) is 4. The van der Waals surface area contributed by atoms with E-state index in [-0.39, 0.29) is 23.1 Å². The van der Waals surface area contributed by atoms with Gasteiger partial charge in [0, 0.05) is 13.1 Å². The monoisotopic (exact) mass is 364 g/mol. The van der Waals surface area contributed by atoms with Gasteiger partial charge in [0.05, 0.1) is 12.1 Å². The maximum absolute atomic E-state index is 12.0. The molecule has 0 aromatic carbocycles. The summed E-state index contributed by atoms with van der Waals surface area (Å²) in [6, 6.07) is -0.584. The molecule has 2 atom stereocenters. The summed E-state index contributed by atoms with van der Waals surface area (Å²) in [5.41, 5.74) is 0. The molecule has 0 aliphatic carbocycles. The molecule has 134 valence electrons. The highest BCUT2D eigenvalue weighted by Gasteiger charge is 2.15. The van der Waals surface area contributed by atoms with Gasteiger partial charge < -0.3 is 16.0 Å². The normalized spacial score (nSPS) is 13.2. The molecule has 0 saturated carbocycles. The van der Waals surface area contributed by atoms with Crippen LogP contribution in [0.1, 0.15) is 38.5 Å². The Hall–Kier alpha value is -0.770. The minimum absolute atomic E-state index is 0.0232. The Balaban J connectivity index is 3.80. The summed E-state index contributed by atoms with van der Waals surface area (Å²) in [5.74, 6) is -0.0232. The largest absolute Gasteiger partial charge is 0.359 e. The van der Waals surface area contributed by atoms with E-state index in [0.717, 1.165) is 32.1 Å².